The van der Waals surface area contributed by atoms with Gasteiger partial charge in [0.1, 0.15) is 6.61 Å². The van der Waals surface area contributed by atoms with E-state index in [2.05, 4.69) is 30.9 Å². The van der Waals surface area contributed by atoms with Gasteiger partial charge >= 0.3 is 18.1 Å². The molecule has 5 aromatic rings. The quantitative estimate of drug-likeness (QED) is 0.0204. The molecule has 0 amide bonds. The third-order valence-electron chi connectivity index (χ3n) is 9.29. The minimum atomic E-state index is -1.26. The fourth-order valence-corrected chi connectivity index (χ4v) is 6.54. The van der Waals surface area contributed by atoms with Crippen LogP contribution in [0.4, 0.5) is 4.79 Å². The van der Waals surface area contributed by atoms with Gasteiger partial charge in [0.05, 0.1) is 55.0 Å². The average molecular weight is 800 g/mol. The van der Waals surface area contributed by atoms with Crippen molar-refractivity contribution < 1.29 is 47.9 Å². The van der Waals surface area contributed by atoms with Gasteiger partial charge in [-0.2, -0.15) is 4.98 Å². The first kappa shape index (κ1) is 40.9. The number of aromatic amines is 1. The number of hydrazine groups is 1. The monoisotopic (exact) mass is 799 g/mol. The zero-order chi connectivity index (χ0) is 40.9. The number of carbonyl (C=O) groups is 3. The maximum absolute atomic E-state index is 13.5. The largest absolute Gasteiger partial charge is 0.569 e. The number of carbonyl (C=O) groups excluding carboxylic acids is 3. The molecule has 6 rings (SSSR count). The molecule has 1 fully saturated rings. The predicted octanol–water partition coefficient (Wildman–Crippen LogP) is 5.99. The van der Waals surface area contributed by atoms with Gasteiger partial charge in [0.25, 0.3) is 6.01 Å². The molecule has 2 atom stereocenters. The second-order valence-electron chi connectivity index (χ2n) is 13.2. The Morgan fingerprint density at radius 3 is 2.53 bits per heavy atom. The zero-order valence-electron chi connectivity index (χ0n) is 32.4. The lowest BCUT2D eigenvalue weighted by Crippen LogP contribution is -2.48. The van der Waals surface area contributed by atoms with Crippen molar-refractivity contribution >= 4 is 29.1 Å². The van der Waals surface area contributed by atoms with Crippen LogP contribution >= 0.6 is 0 Å². The van der Waals surface area contributed by atoms with Crippen molar-refractivity contribution in [1.29, 1.82) is 0 Å². The number of fused-ring (bicyclic) bond motifs is 1. The van der Waals surface area contributed by atoms with E-state index in [9.17, 15) is 19.6 Å². The number of rotatable bonds is 18. The van der Waals surface area contributed by atoms with E-state index in [1.807, 2.05) is 60.0 Å². The van der Waals surface area contributed by atoms with Crippen molar-refractivity contribution in [3.63, 3.8) is 0 Å². The molecule has 1 aliphatic heterocycles. The Morgan fingerprint density at radius 2 is 1.78 bits per heavy atom. The topological polar surface area (TPSA) is 221 Å². The first-order valence-electron chi connectivity index (χ1n) is 19.0. The van der Waals surface area contributed by atoms with Crippen molar-refractivity contribution in [3.8, 4) is 28.5 Å². The summed E-state index contributed by atoms with van der Waals surface area (Å²) in [7, 11) is 1.28. The Labute approximate surface area is 333 Å². The smallest absolute Gasteiger partial charge is 0.511 e. The molecule has 0 saturated carbocycles. The van der Waals surface area contributed by atoms with Gasteiger partial charge in [-0.25, -0.2) is 19.5 Å². The van der Waals surface area contributed by atoms with E-state index in [0.717, 1.165) is 35.1 Å². The van der Waals surface area contributed by atoms with Gasteiger partial charge in [0, 0.05) is 12.5 Å². The van der Waals surface area contributed by atoms with E-state index in [1.165, 1.54) is 19.0 Å². The van der Waals surface area contributed by atoms with Gasteiger partial charge < -0.3 is 33.7 Å². The number of esters is 2. The fourth-order valence-electron chi connectivity index (χ4n) is 6.54. The van der Waals surface area contributed by atoms with Crippen LogP contribution in [-0.2, 0) is 35.1 Å². The van der Waals surface area contributed by atoms with Gasteiger partial charge in [-0.3, -0.25) is 4.57 Å². The number of nitrogens with one attached hydrogen (secondary N) is 1. The van der Waals surface area contributed by atoms with Crippen LogP contribution in [0, 0.1) is 5.21 Å². The number of methoxy groups -OCH3 is 1. The van der Waals surface area contributed by atoms with Crippen LogP contribution in [-0.4, -0.2) is 104 Å². The highest BCUT2D eigenvalue weighted by Crippen LogP contribution is 2.31. The lowest BCUT2D eigenvalue weighted by Gasteiger charge is -2.28. The maximum atomic E-state index is 13.5. The molecule has 306 valence electrons. The molecule has 2 aromatic heterocycles. The van der Waals surface area contributed by atoms with Crippen LogP contribution in [0.25, 0.3) is 33.5 Å². The molecule has 0 spiro atoms. The highest BCUT2D eigenvalue weighted by atomic mass is 16.8. The van der Waals surface area contributed by atoms with E-state index in [1.54, 1.807) is 18.2 Å². The highest BCUT2D eigenvalue weighted by molar-refractivity contribution is 6.02. The summed E-state index contributed by atoms with van der Waals surface area (Å²) < 4.78 is 28.3. The van der Waals surface area contributed by atoms with Crippen LogP contribution in [0.1, 0.15) is 68.3 Å². The summed E-state index contributed by atoms with van der Waals surface area (Å²) in [5, 5.41) is 31.5. The number of nitrogens with zero attached hydrogens (tertiary/aromatic N) is 8. The van der Waals surface area contributed by atoms with Crippen LogP contribution in [0.2, 0.25) is 0 Å². The minimum Gasteiger partial charge on any atom is -0.569 e. The standard InChI is InChI=1S/C39H45N9O10/c1-4-54-38-40-32-16-12-15-31(34(32)46(38)25-27-18-20-28(21-19-27)29-13-6-7-14-30(29)35-41-43-44-42-35)36(49)57-26(2)58-39(51)55-23-10-5-11-24-56-45-48(52)47-22-9-8-17-33(47)37(50)53-3/h6-7,12-16,18-21,26,33H,4-5,8-11,17,22-25H2,1-3H3,(H,41,42,43,44)/b48-45-. The van der Waals surface area contributed by atoms with Crippen molar-refractivity contribution in [2.75, 3.05) is 33.5 Å². The highest BCUT2D eigenvalue weighted by Gasteiger charge is 2.35. The summed E-state index contributed by atoms with van der Waals surface area (Å²) in [6, 6.07) is 20.5. The second kappa shape index (κ2) is 19.9. The van der Waals surface area contributed by atoms with Gasteiger partial charge in [0.2, 0.25) is 11.6 Å². The third-order valence-corrected chi connectivity index (χ3v) is 9.29. The van der Waals surface area contributed by atoms with Crippen molar-refractivity contribution in [2.24, 2.45) is 5.28 Å². The number of unbranched alkanes of at least 4 members (excludes halogenated alkanes) is 2. The Morgan fingerprint density at radius 1 is 0.983 bits per heavy atom. The normalized spacial score (nSPS) is 14.8. The summed E-state index contributed by atoms with van der Waals surface area (Å²) in [5.41, 5.74) is 4.93. The lowest BCUT2D eigenvalue weighted by atomic mass is 9.98. The Kier molecular flexibility index (Phi) is 14.0. The molecule has 0 radical (unpaired) electrons. The number of para-hydroxylation sites is 1. The zero-order valence-corrected chi connectivity index (χ0v) is 32.4. The number of aromatic nitrogens is 6. The molecule has 0 aliphatic carbocycles. The second-order valence-corrected chi connectivity index (χ2v) is 13.2. The molecule has 58 heavy (non-hydrogen) atoms. The Balaban J connectivity index is 0.996. The van der Waals surface area contributed by atoms with Crippen molar-refractivity contribution in [1.82, 2.24) is 35.2 Å². The third kappa shape index (κ3) is 10.1. The Bertz CT molecular complexity index is 2180. The molecule has 1 aliphatic rings. The van der Waals surface area contributed by atoms with E-state index in [0.29, 0.717) is 73.2 Å². The lowest BCUT2D eigenvalue weighted by molar-refractivity contribution is -0.717. The molecule has 3 aromatic carbocycles. The number of piperidine rings is 1. The summed E-state index contributed by atoms with van der Waals surface area (Å²) in [4.78, 5) is 47.9. The van der Waals surface area contributed by atoms with Crippen LogP contribution in [0.3, 0.4) is 0 Å². The van der Waals surface area contributed by atoms with Crippen molar-refractivity contribution in [3.05, 3.63) is 83.1 Å². The van der Waals surface area contributed by atoms with Crippen LogP contribution in [0.5, 0.6) is 6.01 Å². The summed E-state index contributed by atoms with van der Waals surface area (Å²) in [6.45, 7) is 4.51. The fraction of sp³-hybridized carbons (Fsp3) is 0.410. The molecule has 1 N–H and O–H groups in total. The number of H-pyrrole nitrogens is 1. The molecule has 0 bridgehead atoms. The first-order chi connectivity index (χ1) is 28.3. The summed E-state index contributed by atoms with van der Waals surface area (Å²) in [5.74, 6) is -0.658. The Hall–Kier alpha value is -6.79. The number of hydrogen-bond donors (Lipinski definition) is 1. The van der Waals surface area contributed by atoms with Gasteiger partial charge in [-0.05, 0) is 84.7 Å². The summed E-state index contributed by atoms with van der Waals surface area (Å²) in [6.07, 6.45) is 1.42. The molecule has 19 heteroatoms. The van der Waals surface area contributed by atoms with Gasteiger partial charge in [-0.1, -0.05) is 54.6 Å². The predicted molar refractivity (Wildman–Crippen MR) is 205 cm³/mol. The number of hydrogen-bond acceptors (Lipinski definition) is 15. The van der Waals surface area contributed by atoms with Crippen LogP contribution in [0.15, 0.2) is 72.0 Å². The maximum Gasteiger partial charge on any atom is 0.511 e. The number of imidazole rings is 1. The molecule has 1 saturated heterocycles. The van der Waals surface area contributed by atoms with Gasteiger partial charge in [-0.15, -0.1) is 10.1 Å². The van der Waals surface area contributed by atoms with Crippen LogP contribution < -0.4 is 4.74 Å². The molecule has 3 heterocycles. The molecular formula is C39H45N9O10. The molecular weight excluding hydrogens is 754 g/mol. The summed E-state index contributed by atoms with van der Waals surface area (Å²) >= 11 is 0. The van der Waals surface area contributed by atoms with E-state index in [4.69, 9.17) is 28.5 Å². The van der Waals surface area contributed by atoms with E-state index < -0.39 is 30.4 Å². The number of benzene rings is 3. The minimum absolute atomic E-state index is 0.0457. The van der Waals surface area contributed by atoms with Gasteiger partial charge in [0.15, 0.2) is 11.9 Å². The van der Waals surface area contributed by atoms with E-state index >= 15 is 0 Å². The molecule has 2 unspecified atom stereocenters. The number of tetrazole rings is 1. The van der Waals surface area contributed by atoms with E-state index in [-0.39, 0.29) is 18.8 Å². The average Bonchev–Trinajstić information content (AvgIpc) is 3.90. The molecule has 19 nitrogen and oxygen atoms in total. The van der Waals surface area contributed by atoms with Crippen molar-refractivity contribution in [2.45, 2.75) is 71.2 Å². The first-order valence-corrected chi connectivity index (χ1v) is 19.0. The number of ether oxygens (including phenoxy) is 5. The SMILES string of the molecule is CCOc1nc2cccc(C(=O)OC(C)OC(=O)OCCCCCO/N=[N+](\[O-])N3CCCCC3C(=O)OC)c2n1Cc1ccc(-c2ccccc2-c2nnn[nH]2)cc1.